The van der Waals surface area contributed by atoms with Crippen LogP contribution in [0.15, 0.2) is 29.4 Å². The van der Waals surface area contributed by atoms with Crippen LogP contribution in [-0.4, -0.2) is 49.5 Å². The van der Waals surface area contributed by atoms with E-state index in [-0.39, 0.29) is 11.7 Å². The minimum Gasteiger partial charge on any atom is -0.474 e. The lowest BCUT2D eigenvalue weighted by atomic mass is 9.70. The van der Waals surface area contributed by atoms with Crippen molar-refractivity contribution in [3.8, 4) is 5.88 Å². The predicted molar refractivity (Wildman–Crippen MR) is 127 cm³/mol. The van der Waals surface area contributed by atoms with Gasteiger partial charge in [0.25, 0.3) is 0 Å². The molecule has 1 aromatic heterocycles. The Morgan fingerprint density at radius 1 is 1.18 bits per heavy atom. The number of anilines is 2. The molecule has 0 radical (unpaired) electrons. The Bertz CT molecular complexity index is 1170. The van der Waals surface area contributed by atoms with E-state index >= 15 is 0 Å². The van der Waals surface area contributed by atoms with E-state index in [2.05, 4.69) is 28.7 Å². The number of aromatic nitrogens is 2. The van der Waals surface area contributed by atoms with Gasteiger partial charge in [-0.25, -0.2) is 18.4 Å². The van der Waals surface area contributed by atoms with Crippen molar-refractivity contribution in [2.75, 3.05) is 24.3 Å². The van der Waals surface area contributed by atoms with E-state index in [9.17, 15) is 8.42 Å². The average Bonchev–Trinajstić information content (AvgIpc) is 3.31. The summed E-state index contributed by atoms with van der Waals surface area (Å²) in [5.74, 6) is 1.47. The minimum absolute atomic E-state index is 0.0140. The molecule has 3 aliphatic rings. The van der Waals surface area contributed by atoms with E-state index < -0.39 is 9.84 Å². The molecule has 1 saturated carbocycles. The first-order valence-electron chi connectivity index (χ1n) is 11.8. The third-order valence-electron chi connectivity index (χ3n) is 7.48. The van der Waals surface area contributed by atoms with E-state index in [0.717, 1.165) is 74.3 Å². The molecule has 3 heterocycles. The van der Waals surface area contributed by atoms with Gasteiger partial charge >= 0.3 is 0 Å². The molecule has 8 heteroatoms. The zero-order valence-corrected chi connectivity index (χ0v) is 20.7. The van der Waals surface area contributed by atoms with Crippen LogP contribution in [-0.2, 0) is 21.0 Å². The fraction of sp³-hybridized carbons (Fsp3) is 0.600. The molecule has 2 aromatic rings. The summed E-state index contributed by atoms with van der Waals surface area (Å²) in [7, 11) is -3.22. The molecule has 0 bridgehead atoms. The molecule has 1 saturated heterocycles. The quantitative estimate of drug-likeness (QED) is 0.654. The van der Waals surface area contributed by atoms with Crippen molar-refractivity contribution in [2.45, 2.75) is 75.9 Å². The molecule has 2 fully saturated rings. The standard InChI is InChI=1S/C25H33N3O4S/c1-17-22(28-12-9-18-13-20(33(4,29)30)5-6-21(18)28)26-16-27-23(17)32-19-7-10-25(11-8-19)14-24(2,3)31-15-25/h5-6,13,16,19H,7-12,14-15H2,1-4H3. The normalized spacial score (nSPS) is 26.5. The second kappa shape index (κ2) is 7.94. The van der Waals surface area contributed by atoms with E-state index in [1.54, 1.807) is 18.5 Å². The molecule has 1 aromatic carbocycles. The lowest BCUT2D eigenvalue weighted by Gasteiger charge is -2.36. The van der Waals surface area contributed by atoms with Gasteiger partial charge in [-0.15, -0.1) is 0 Å². The summed E-state index contributed by atoms with van der Waals surface area (Å²) < 4.78 is 36.3. The van der Waals surface area contributed by atoms with Crippen LogP contribution in [0.1, 0.15) is 57.1 Å². The summed E-state index contributed by atoms with van der Waals surface area (Å²) in [6.45, 7) is 7.99. The first kappa shape index (κ1) is 22.6. The van der Waals surface area contributed by atoms with E-state index in [0.29, 0.717) is 16.2 Å². The fourth-order valence-electron chi connectivity index (χ4n) is 5.80. The Morgan fingerprint density at radius 2 is 1.94 bits per heavy atom. The number of hydrogen-bond acceptors (Lipinski definition) is 7. The van der Waals surface area contributed by atoms with Crippen LogP contribution < -0.4 is 9.64 Å². The monoisotopic (exact) mass is 471 g/mol. The number of ether oxygens (including phenoxy) is 2. The first-order chi connectivity index (χ1) is 15.6. The highest BCUT2D eigenvalue weighted by atomic mass is 32.2. The number of hydrogen-bond donors (Lipinski definition) is 0. The van der Waals surface area contributed by atoms with Gasteiger partial charge in [0.1, 0.15) is 18.2 Å². The second-order valence-corrected chi connectivity index (χ2v) is 12.6. The maximum absolute atomic E-state index is 11.9. The van der Waals surface area contributed by atoms with Crippen molar-refractivity contribution < 1.29 is 17.9 Å². The summed E-state index contributed by atoms with van der Waals surface area (Å²) in [6, 6.07) is 5.34. The number of benzene rings is 1. The molecule has 0 N–H and O–H groups in total. The molecule has 0 atom stereocenters. The summed E-state index contributed by atoms with van der Waals surface area (Å²) in [5.41, 5.74) is 3.23. The zero-order valence-electron chi connectivity index (χ0n) is 19.9. The van der Waals surface area contributed by atoms with Gasteiger partial charge in [-0.3, -0.25) is 0 Å². The molecule has 5 rings (SSSR count). The van der Waals surface area contributed by atoms with Gasteiger partial charge in [0.2, 0.25) is 5.88 Å². The van der Waals surface area contributed by atoms with E-state index in [4.69, 9.17) is 9.47 Å². The molecule has 7 nitrogen and oxygen atoms in total. The maximum atomic E-state index is 11.9. The zero-order chi connectivity index (χ0) is 23.4. The Hall–Kier alpha value is -2.19. The van der Waals surface area contributed by atoms with Gasteiger partial charge in [0, 0.05) is 18.5 Å². The molecular formula is C25H33N3O4S. The number of fused-ring (bicyclic) bond motifs is 1. The maximum Gasteiger partial charge on any atom is 0.221 e. The molecule has 178 valence electrons. The summed E-state index contributed by atoms with van der Waals surface area (Å²) >= 11 is 0. The SMILES string of the molecule is Cc1c(OC2CCC3(CC2)COC(C)(C)C3)ncnc1N1CCc2cc(S(C)(=O)=O)ccc21. The minimum atomic E-state index is -3.22. The van der Waals surface area contributed by atoms with Gasteiger partial charge in [0.15, 0.2) is 9.84 Å². The first-order valence-corrected chi connectivity index (χ1v) is 13.7. The van der Waals surface area contributed by atoms with Crippen LogP contribution in [0, 0.1) is 12.3 Å². The third kappa shape index (κ3) is 4.35. The molecule has 0 amide bonds. The van der Waals surface area contributed by atoms with Gasteiger partial charge in [-0.2, -0.15) is 0 Å². The summed E-state index contributed by atoms with van der Waals surface area (Å²) in [4.78, 5) is 11.5. The number of nitrogens with zero attached hydrogens (tertiary/aromatic N) is 3. The van der Waals surface area contributed by atoms with Gasteiger partial charge in [0.05, 0.1) is 22.7 Å². The Kier molecular flexibility index (Phi) is 5.44. The number of rotatable bonds is 4. The van der Waals surface area contributed by atoms with Crippen LogP contribution in [0.5, 0.6) is 5.88 Å². The second-order valence-electron chi connectivity index (χ2n) is 10.6. The highest BCUT2D eigenvalue weighted by Gasteiger charge is 2.46. The van der Waals surface area contributed by atoms with Crippen LogP contribution in [0.3, 0.4) is 0 Å². The van der Waals surface area contributed by atoms with Gasteiger partial charge < -0.3 is 14.4 Å². The van der Waals surface area contributed by atoms with Crippen LogP contribution in [0.25, 0.3) is 0 Å². The van der Waals surface area contributed by atoms with Gasteiger partial charge in [-0.05, 0) is 88.5 Å². The summed E-state index contributed by atoms with van der Waals surface area (Å²) in [6.07, 6.45) is 9.15. The topological polar surface area (TPSA) is 81.6 Å². The Balaban J connectivity index is 1.31. The number of sulfone groups is 1. The van der Waals surface area contributed by atoms with Gasteiger partial charge in [-0.1, -0.05) is 0 Å². The summed E-state index contributed by atoms with van der Waals surface area (Å²) in [5, 5.41) is 0. The molecule has 2 aliphatic heterocycles. The molecule has 1 spiro atoms. The van der Waals surface area contributed by atoms with Crippen LogP contribution in [0.4, 0.5) is 11.5 Å². The van der Waals surface area contributed by atoms with Crippen LogP contribution >= 0.6 is 0 Å². The molecule has 1 aliphatic carbocycles. The predicted octanol–water partition coefficient (Wildman–Crippen LogP) is 4.39. The van der Waals surface area contributed by atoms with Crippen LogP contribution in [0.2, 0.25) is 0 Å². The van der Waals surface area contributed by atoms with Crippen molar-refractivity contribution >= 4 is 21.3 Å². The molecule has 33 heavy (non-hydrogen) atoms. The largest absolute Gasteiger partial charge is 0.474 e. The smallest absolute Gasteiger partial charge is 0.221 e. The highest BCUT2D eigenvalue weighted by Crippen LogP contribution is 2.49. The van der Waals surface area contributed by atoms with Crippen molar-refractivity contribution in [2.24, 2.45) is 5.41 Å². The van der Waals surface area contributed by atoms with Crippen molar-refractivity contribution in [1.82, 2.24) is 9.97 Å². The van der Waals surface area contributed by atoms with E-state index in [1.165, 1.54) is 6.26 Å². The Labute approximate surface area is 196 Å². The van der Waals surface area contributed by atoms with Crippen molar-refractivity contribution in [1.29, 1.82) is 0 Å². The lowest BCUT2D eigenvalue weighted by Crippen LogP contribution is -2.34. The highest BCUT2D eigenvalue weighted by molar-refractivity contribution is 7.90. The lowest BCUT2D eigenvalue weighted by molar-refractivity contribution is 0.0228. The Morgan fingerprint density at radius 3 is 2.61 bits per heavy atom. The van der Waals surface area contributed by atoms with Crippen molar-refractivity contribution in [3.63, 3.8) is 0 Å². The average molecular weight is 472 g/mol. The fourth-order valence-corrected chi connectivity index (χ4v) is 6.47. The third-order valence-corrected chi connectivity index (χ3v) is 8.59. The van der Waals surface area contributed by atoms with Crippen molar-refractivity contribution in [3.05, 3.63) is 35.7 Å². The van der Waals surface area contributed by atoms with E-state index in [1.807, 2.05) is 13.0 Å². The molecular weight excluding hydrogens is 438 g/mol. The molecule has 0 unspecified atom stereocenters.